The number of amides is 4. The fourth-order valence-corrected chi connectivity index (χ4v) is 4.93. The van der Waals surface area contributed by atoms with E-state index in [-0.39, 0.29) is 17.6 Å². The van der Waals surface area contributed by atoms with Gasteiger partial charge >= 0.3 is 5.97 Å². The Morgan fingerprint density at radius 2 is 1.94 bits per heavy atom. The van der Waals surface area contributed by atoms with Crippen LogP contribution in [0.3, 0.4) is 0 Å². The second kappa shape index (κ2) is 11.2. The maximum Gasteiger partial charge on any atom is 0.338 e. The first-order valence-electron chi connectivity index (χ1n) is 10.7. The van der Waals surface area contributed by atoms with E-state index in [1.54, 1.807) is 18.2 Å². The van der Waals surface area contributed by atoms with Gasteiger partial charge in [-0.25, -0.2) is 4.79 Å². The van der Waals surface area contributed by atoms with Crippen molar-refractivity contribution in [1.82, 2.24) is 20.9 Å². The van der Waals surface area contributed by atoms with Crippen LogP contribution in [0, 0.1) is 0 Å². The van der Waals surface area contributed by atoms with Crippen molar-refractivity contribution in [2.75, 3.05) is 26.0 Å². The number of benzene rings is 1. The molecule has 3 N–H and O–H groups in total. The molecule has 1 aromatic rings. The highest BCUT2D eigenvalue weighted by Crippen LogP contribution is 2.20. The van der Waals surface area contributed by atoms with Gasteiger partial charge in [-0.1, -0.05) is 18.2 Å². The van der Waals surface area contributed by atoms with Gasteiger partial charge in [0.25, 0.3) is 0 Å². The minimum atomic E-state index is -1.22. The van der Waals surface area contributed by atoms with E-state index in [0.29, 0.717) is 30.7 Å². The topological polar surface area (TPSA) is 134 Å². The average molecular weight is 477 g/mol. The molecule has 0 aromatic heterocycles. The zero-order chi connectivity index (χ0) is 24.0. The number of rotatable bonds is 3. The van der Waals surface area contributed by atoms with Crippen LogP contribution in [0.2, 0.25) is 0 Å². The smallest absolute Gasteiger partial charge is 0.338 e. The third kappa shape index (κ3) is 6.04. The molecule has 4 amide bonds. The summed E-state index contributed by atoms with van der Waals surface area (Å²) in [6, 6.07) is 4.21. The number of ether oxygens (including phenoxy) is 1. The minimum Gasteiger partial charge on any atom is -0.459 e. The molecule has 0 aliphatic carbocycles. The van der Waals surface area contributed by atoms with Crippen molar-refractivity contribution in [3.63, 3.8) is 0 Å². The average Bonchev–Trinajstić information content (AvgIpc) is 3.30. The SMILES string of the molecule is CNC(=O)[C@H]1CSCc2ccccc2C(=O)OC[C@@H](NC(=O)[C@@H]2CCCN2C(C)=O)C(=O)N1. The number of nitrogens with zero attached hydrogens (tertiary/aromatic N) is 1. The summed E-state index contributed by atoms with van der Waals surface area (Å²) in [5.41, 5.74) is 1.12. The number of esters is 1. The summed E-state index contributed by atoms with van der Waals surface area (Å²) in [6.07, 6.45) is 1.15. The largest absolute Gasteiger partial charge is 0.459 e. The van der Waals surface area contributed by atoms with Crippen LogP contribution >= 0.6 is 11.8 Å². The van der Waals surface area contributed by atoms with Crippen molar-refractivity contribution >= 4 is 41.4 Å². The summed E-state index contributed by atoms with van der Waals surface area (Å²) >= 11 is 1.39. The van der Waals surface area contributed by atoms with Crippen LogP contribution < -0.4 is 16.0 Å². The number of likely N-dealkylation sites (N-methyl/N-ethyl adjacent to an activating group) is 1. The number of carbonyl (C=O) groups is 5. The van der Waals surface area contributed by atoms with Gasteiger partial charge < -0.3 is 25.6 Å². The first kappa shape index (κ1) is 24.6. The molecule has 0 spiro atoms. The lowest BCUT2D eigenvalue weighted by Crippen LogP contribution is -2.58. The Labute approximate surface area is 196 Å². The van der Waals surface area contributed by atoms with Crippen LogP contribution in [0.25, 0.3) is 0 Å². The maximum absolute atomic E-state index is 13.0. The zero-order valence-corrected chi connectivity index (χ0v) is 19.4. The number of carbonyl (C=O) groups excluding carboxylic acids is 5. The van der Waals surface area contributed by atoms with Crippen LogP contribution in [0.5, 0.6) is 0 Å². The van der Waals surface area contributed by atoms with Crippen LogP contribution in [0.4, 0.5) is 0 Å². The second-order valence-electron chi connectivity index (χ2n) is 7.88. The molecule has 1 saturated heterocycles. The Morgan fingerprint density at radius 3 is 2.67 bits per heavy atom. The lowest BCUT2D eigenvalue weighted by atomic mass is 10.1. The van der Waals surface area contributed by atoms with Crippen LogP contribution in [-0.2, 0) is 29.7 Å². The number of fused-ring (bicyclic) bond motifs is 1. The van der Waals surface area contributed by atoms with Crippen molar-refractivity contribution in [3.05, 3.63) is 35.4 Å². The standard InChI is InChI=1S/C22H28N4O6S/c1-13(27)26-9-5-8-18(26)21(30)24-16-10-32-22(31)15-7-4-3-6-14(15)11-33-12-17(19(28)23-2)25-20(16)29/h3-4,6-7,16-18H,5,8-12H2,1-2H3,(H,23,28)(H,24,30)(H,25,29)/t16-,17-,18+/m1/s1. The molecule has 0 radical (unpaired) electrons. The van der Waals surface area contributed by atoms with Crippen molar-refractivity contribution in [2.24, 2.45) is 0 Å². The van der Waals surface area contributed by atoms with E-state index in [1.807, 2.05) is 6.07 Å². The normalized spacial score (nSPS) is 23.8. The fraction of sp³-hybridized carbons (Fsp3) is 0.500. The Bertz CT molecular complexity index is 939. The summed E-state index contributed by atoms with van der Waals surface area (Å²) in [6.45, 7) is 1.44. The number of cyclic esters (lactones) is 1. The van der Waals surface area contributed by atoms with Gasteiger partial charge in [0.15, 0.2) is 0 Å². The highest BCUT2D eigenvalue weighted by molar-refractivity contribution is 7.98. The molecule has 178 valence electrons. The van der Waals surface area contributed by atoms with Crippen molar-refractivity contribution in [3.8, 4) is 0 Å². The lowest BCUT2D eigenvalue weighted by Gasteiger charge is -2.27. The van der Waals surface area contributed by atoms with Gasteiger partial charge in [0.1, 0.15) is 24.7 Å². The van der Waals surface area contributed by atoms with E-state index < -0.39 is 42.5 Å². The number of thioether (sulfide) groups is 1. The molecule has 1 fully saturated rings. The van der Waals surface area contributed by atoms with Crippen LogP contribution in [0.1, 0.15) is 35.7 Å². The van der Waals surface area contributed by atoms with E-state index in [4.69, 9.17) is 4.74 Å². The number of hydrogen-bond acceptors (Lipinski definition) is 7. The highest BCUT2D eigenvalue weighted by Gasteiger charge is 2.36. The van der Waals surface area contributed by atoms with Gasteiger partial charge in [0.2, 0.25) is 23.6 Å². The summed E-state index contributed by atoms with van der Waals surface area (Å²) in [5, 5.41) is 7.78. The third-order valence-corrected chi connectivity index (χ3v) is 6.72. The molecule has 33 heavy (non-hydrogen) atoms. The summed E-state index contributed by atoms with van der Waals surface area (Å²) in [7, 11) is 1.47. The van der Waals surface area contributed by atoms with E-state index in [0.717, 1.165) is 5.56 Å². The lowest BCUT2D eigenvalue weighted by molar-refractivity contribution is -0.138. The zero-order valence-electron chi connectivity index (χ0n) is 18.6. The van der Waals surface area contributed by atoms with Gasteiger partial charge in [-0.05, 0) is 24.5 Å². The van der Waals surface area contributed by atoms with Crippen molar-refractivity contribution in [1.29, 1.82) is 0 Å². The number of hydrogen-bond donors (Lipinski definition) is 3. The molecule has 3 rings (SSSR count). The van der Waals surface area contributed by atoms with E-state index in [9.17, 15) is 24.0 Å². The molecule has 3 atom stereocenters. The van der Waals surface area contributed by atoms with Gasteiger partial charge in [0, 0.05) is 32.0 Å². The van der Waals surface area contributed by atoms with E-state index >= 15 is 0 Å². The van der Waals surface area contributed by atoms with Crippen molar-refractivity contribution in [2.45, 2.75) is 43.6 Å². The molecular formula is C22H28N4O6S. The van der Waals surface area contributed by atoms with Gasteiger partial charge in [-0.2, -0.15) is 11.8 Å². The maximum atomic E-state index is 13.0. The summed E-state index contributed by atoms with van der Waals surface area (Å²) in [4.78, 5) is 64.2. The minimum absolute atomic E-state index is 0.226. The monoisotopic (exact) mass is 476 g/mol. The summed E-state index contributed by atoms with van der Waals surface area (Å²) < 4.78 is 5.38. The Morgan fingerprint density at radius 1 is 1.18 bits per heavy atom. The molecule has 2 heterocycles. The molecule has 0 bridgehead atoms. The highest BCUT2D eigenvalue weighted by atomic mass is 32.2. The molecule has 2 aliphatic heterocycles. The third-order valence-electron chi connectivity index (χ3n) is 5.63. The second-order valence-corrected chi connectivity index (χ2v) is 8.91. The molecule has 1 aromatic carbocycles. The molecule has 11 heteroatoms. The molecule has 0 saturated carbocycles. The predicted octanol–water partition coefficient (Wildman–Crippen LogP) is -0.183. The Balaban J connectivity index is 1.83. The fourth-order valence-electron chi connectivity index (χ4n) is 3.87. The van der Waals surface area contributed by atoms with E-state index in [1.165, 1.54) is 30.6 Å². The quantitative estimate of drug-likeness (QED) is 0.515. The first-order chi connectivity index (χ1) is 15.8. The van der Waals surface area contributed by atoms with Crippen LogP contribution in [0.15, 0.2) is 24.3 Å². The summed E-state index contributed by atoms with van der Waals surface area (Å²) in [5.74, 6) is -1.62. The molecule has 2 aliphatic rings. The number of likely N-dealkylation sites (tertiary alicyclic amines) is 1. The van der Waals surface area contributed by atoms with Gasteiger partial charge in [-0.3, -0.25) is 19.2 Å². The predicted molar refractivity (Wildman–Crippen MR) is 121 cm³/mol. The molecule has 0 unspecified atom stereocenters. The van der Waals surface area contributed by atoms with Gasteiger partial charge in [-0.15, -0.1) is 0 Å². The number of nitrogens with one attached hydrogen (secondary N) is 3. The molecular weight excluding hydrogens is 448 g/mol. The van der Waals surface area contributed by atoms with Crippen LogP contribution in [-0.4, -0.2) is 78.6 Å². The van der Waals surface area contributed by atoms with E-state index in [2.05, 4.69) is 16.0 Å². The van der Waals surface area contributed by atoms with Gasteiger partial charge in [0.05, 0.1) is 5.56 Å². The Kier molecular flexibility index (Phi) is 8.32. The Hall–Kier alpha value is -3.08. The molecule has 10 nitrogen and oxygen atoms in total. The first-order valence-corrected chi connectivity index (χ1v) is 11.9. The van der Waals surface area contributed by atoms with Crippen molar-refractivity contribution < 1.29 is 28.7 Å².